The summed E-state index contributed by atoms with van der Waals surface area (Å²) in [6.45, 7) is 0. The third-order valence-electron chi connectivity index (χ3n) is 3.27. The fraction of sp³-hybridized carbons (Fsp3) is 0. The molecule has 21 heavy (non-hydrogen) atoms. The van der Waals surface area contributed by atoms with Gasteiger partial charge < -0.3 is 5.11 Å². The van der Waals surface area contributed by atoms with Crippen molar-refractivity contribution in [3.63, 3.8) is 0 Å². The van der Waals surface area contributed by atoms with Crippen LogP contribution in [-0.4, -0.2) is 15.3 Å². The zero-order valence-corrected chi connectivity index (χ0v) is 11.8. The highest BCUT2D eigenvalue weighted by Crippen LogP contribution is 2.27. The van der Waals surface area contributed by atoms with E-state index >= 15 is 0 Å². The molecule has 0 fully saturated rings. The second kappa shape index (κ2) is 5.50. The van der Waals surface area contributed by atoms with Crippen LogP contribution >= 0.6 is 0 Å². The van der Waals surface area contributed by atoms with Crippen LogP contribution in [0.1, 0.15) is 10.4 Å². The Morgan fingerprint density at radius 1 is 0.810 bits per heavy atom. The van der Waals surface area contributed by atoms with Crippen LogP contribution in [0.4, 0.5) is 0 Å². The van der Waals surface area contributed by atoms with Gasteiger partial charge >= 0.3 is 5.97 Å². The first-order valence-electron chi connectivity index (χ1n) is 6.40. The van der Waals surface area contributed by atoms with E-state index in [1.54, 1.807) is 24.3 Å². The second-order valence-corrected chi connectivity index (χ2v) is 5.96. The lowest BCUT2D eigenvalue weighted by Gasteiger charge is -2.09. The molecule has 0 heterocycles. The molecule has 0 spiro atoms. The molecule has 3 rings (SSSR count). The zero-order chi connectivity index (χ0) is 14.8. The van der Waals surface area contributed by atoms with E-state index in [0.29, 0.717) is 9.79 Å². The quantitative estimate of drug-likeness (QED) is 0.801. The van der Waals surface area contributed by atoms with Gasteiger partial charge in [-0.05, 0) is 29.0 Å². The Kier molecular flexibility index (Phi) is 3.54. The number of fused-ring (bicyclic) bond motifs is 1. The molecule has 0 aliphatic carbocycles. The van der Waals surface area contributed by atoms with Crippen molar-refractivity contribution < 1.29 is 14.1 Å². The lowest BCUT2D eigenvalue weighted by atomic mass is 10.1. The first-order chi connectivity index (χ1) is 10.2. The SMILES string of the molecule is O=C(O)c1ccccc1[S@](=O)c1cccc2ccccc12. The summed E-state index contributed by atoms with van der Waals surface area (Å²) in [6, 6.07) is 19.6. The first kappa shape index (κ1) is 13.5. The summed E-state index contributed by atoms with van der Waals surface area (Å²) in [5.74, 6) is -1.07. The number of rotatable bonds is 3. The number of hydrogen-bond donors (Lipinski definition) is 1. The predicted octanol–water partition coefficient (Wildman–Crippen LogP) is 3.70. The van der Waals surface area contributed by atoms with E-state index < -0.39 is 16.8 Å². The third-order valence-corrected chi connectivity index (χ3v) is 4.78. The Morgan fingerprint density at radius 2 is 1.43 bits per heavy atom. The van der Waals surface area contributed by atoms with Gasteiger partial charge in [-0.2, -0.15) is 0 Å². The molecule has 0 aliphatic rings. The standard InChI is InChI=1S/C17H12O3S/c18-17(19)14-9-3-4-10-16(14)21(20)15-11-5-7-12-6-1-2-8-13(12)15/h1-11H,(H,18,19)/t21-/m1/s1. The van der Waals surface area contributed by atoms with Crippen molar-refractivity contribution in [3.05, 3.63) is 72.3 Å². The van der Waals surface area contributed by atoms with Crippen molar-refractivity contribution in [3.8, 4) is 0 Å². The Balaban J connectivity index is 2.20. The summed E-state index contributed by atoms with van der Waals surface area (Å²) in [6.07, 6.45) is 0. The Morgan fingerprint density at radius 3 is 2.24 bits per heavy atom. The van der Waals surface area contributed by atoms with Crippen LogP contribution < -0.4 is 0 Å². The second-order valence-electron chi connectivity index (χ2n) is 4.55. The van der Waals surface area contributed by atoms with E-state index in [9.17, 15) is 14.1 Å². The number of hydrogen-bond acceptors (Lipinski definition) is 2. The van der Waals surface area contributed by atoms with Crippen molar-refractivity contribution in [2.75, 3.05) is 0 Å². The smallest absolute Gasteiger partial charge is 0.336 e. The van der Waals surface area contributed by atoms with Gasteiger partial charge in [-0.25, -0.2) is 9.00 Å². The molecule has 0 aromatic heterocycles. The highest BCUT2D eigenvalue weighted by molar-refractivity contribution is 7.85. The Hall–Kier alpha value is -2.46. The maximum absolute atomic E-state index is 12.8. The molecule has 0 radical (unpaired) electrons. The maximum Gasteiger partial charge on any atom is 0.336 e. The van der Waals surface area contributed by atoms with Crippen LogP contribution in [0.5, 0.6) is 0 Å². The van der Waals surface area contributed by atoms with E-state index in [-0.39, 0.29) is 5.56 Å². The predicted molar refractivity (Wildman–Crippen MR) is 82.0 cm³/mol. The van der Waals surface area contributed by atoms with Crippen molar-refractivity contribution in [1.29, 1.82) is 0 Å². The molecule has 0 amide bonds. The largest absolute Gasteiger partial charge is 0.478 e. The molecule has 4 heteroatoms. The van der Waals surface area contributed by atoms with Crippen molar-refractivity contribution in [1.82, 2.24) is 0 Å². The van der Waals surface area contributed by atoms with Gasteiger partial charge in [0, 0.05) is 0 Å². The molecule has 0 bridgehead atoms. The van der Waals surface area contributed by atoms with Crippen molar-refractivity contribution >= 4 is 27.5 Å². The lowest BCUT2D eigenvalue weighted by molar-refractivity contribution is 0.0693. The monoisotopic (exact) mass is 296 g/mol. The molecule has 0 aliphatic heterocycles. The molecule has 104 valence electrons. The van der Waals surface area contributed by atoms with Crippen LogP contribution in [0.15, 0.2) is 76.5 Å². The molecule has 3 aromatic rings. The average Bonchev–Trinajstić information content (AvgIpc) is 2.53. The fourth-order valence-electron chi connectivity index (χ4n) is 2.28. The molecule has 0 saturated heterocycles. The summed E-state index contributed by atoms with van der Waals surface area (Å²) in [7, 11) is -1.53. The van der Waals surface area contributed by atoms with Gasteiger partial charge in [0.15, 0.2) is 0 Å². The normalized spacial score (nSPS) is 12.2. The minimum atomic E-state index is -1.53. The minimum absolute atomic E-state index is 0.0729. The first-order valence-corrected chi connectivity index (χ1v) is 7.55. The number of carboxylic acids is 1. The zero-order valence-electron chi connectivity index (χ0n) is 11.0. The van der Waals surface area contributed by atoms with Gasteiger partial charge in [-0.3, -0.25) is 0 Å². The minimum Gasteiger partial charge on any atom is -0.478 e. The lowest BCUT2D eigenvalue weighted by Crippen LogP contribution is -2.04. The van der Waals surface area contributed by atoms with Gasteiger partial charge in [0.1, 0.15) is 0 Å². The number of benzene rings is 3. The summed E-state index contributed by atoms with van der Waals surface area (Å²) in [5.41, 5.74) is 0.0729. The number of carbonyl (C=O) groups is 1. The molecular weight excluding hydrogens is 284 g/mol. The van der Waals surface area contributed by atoms with Crippen LogP contribution in [0.3, 0.4) is 0 Å². The molecule has 1 atom stereocenters. The number of aromatic carboxylic acids is 1. The molecule has 0 unspecified atom stereocenters. The van der Waals surface area contributed by atoms with E-state index in [1.807, 2.05) is 36.4 Å². The molecular formula is C17H12O3S. The molecule has 3 nitrogen and oxygen atoms in total. The highest BCUT2D eigenvalue weighted by atomic mass is 32.2. The number of carboxylic acid groups (broad SMARTS) is 1. The fourth-order valence-corrected chi connectivity index (χ4v) is 3.66. The third kappa shape index (κ3) is 2.45. The summed E-state index contributed by atoms with van der Waals surface area (Å²) in [5, 5.41) is 11.1. The Labute approximate surface area is 124 Å². The van der Waals surface area contributed by atoms with E-state index in [2.05, 4.69) is 0 Å². The topological polar surface area (TPSA) is 54.4 Å². The van der Waals surface area contributed by atoms with Gasteiger partial charge in [0.05, 0.1) is 26.2 Å². The maximum atomic E-state index is 12.8. The van der Waals surface area contributed by atoms with Crippen molar-refractivity contribution in [2.24, 2.45) is 0 Å². The van der Waals surface area contributed by atoms with Crippen molar-refractivity contribution in [2.45, 2.75) is 9.79 Å². The van der Waals surface area contributed by atoms with Crippen LogP contribution in [0.2, 0.25) is 0 Å². The molecule has 3 aromatic carbocycles. The molecule has 1 N–H and O–H groups in total. The van der Waals surface area contributed by atoms with Crippen LogP contribution in [-0.2, 0) is 10.8 Å². The Bertz CT molecular complexity index is 850. The van der Waals surface area contributed by atoms with Gasteiger partial charge in [0.25, 0.3) is 0 Å². The van der Waals surface area contributed by atoms with Crippen LogP contribution in [0, 0.1) is 0 Å². The molecule has 0 saturated carbocycles. The van der Waals surface area contributed by atoms with E-state index in [0.717, 1.165) is 10.8 Å². The van der Waals surface area contributed by atoms with Gasteiger partial charge in [-0.1, -0.05) is 48.5 Å². The van der Waals surface area contributed by atoms with Crippen LogP contribution in [0.25, 0.3) is 10.8 Å². The van der Waals surface area contributed by atoms with Gasteiger partial charge in [0.2, 0.25) is 0 Å². The summed E-state index contributed by atoms with van der Waals surface area (Å²) < 4.78 is 12.8. The van der Waals surface area contributed by atoms with Gasteiger partial charge in [-0.15, -0.1) is 0 Å². The highest BCUT2D eigenvalue weighted by Gasteiger charge is 2.17. The van der Waals surface area contributed by atoms with E-state index in [1.165, 1.54) is 6.07 Å². The van der Waals surface area contributed by atoms with E-state index in [4.69, 9.17) is 0 Å². The summed E-state index contributed by atoms with van der Waals surface area (Å²) >= 11 is 0. The average molecular weight is 296 g/mol. The summed E-state index contributed by atoms with van der Waals surface area (Å²) in [4.78, 5) is 12.2.